The van der Waals surface area contributed by atoms with Crippen molar-refractivity contribution in [1.82, 2.24) is 0 Å². The van der Waals surface area contributed by atoms with E-state index in [-0.39, 0.29) is 5.82 Å². The van der Waals surface area contributed by atoms with E-state index in [2.05, 4.69) is 44.2 Å². The lowest BCUT2D eigenvalue weighted by molar-refractivity contribution is 0.628. The Morgan fingerprint density at radius 2 is 1.57 bits per heavy atom. The van der Waals surface area contributed by atoms with Crippen LogP contribution in [0.5, 0.6) is 0 Å². The molecule has 0 nitrogen and oxygen atoms in total. The fraction of sp³-hybridized carbons (Fsp3) is 0.238. The van der Waals surface area contributed by atoms with Gasteiger partial charge in [0.2, 0.25) is 0 Å². The average molecular weight is 326 g/mol. The lowest BCUT2D eigenvalue weighted by Gasteiger charge is -2.05. The Morgan fingerprint density at radius 3 is 2.26 bits per heavy atom. The zero-order chi connectivity index (χ0) is 16.8. The monoisotopic (exact) mass is 326 g/mol. The van der Waals surface area contributed by atoms with Gasteiger partial charge < -0.3 is 0 Å². The number of hydrogen-bond donors (Lipinski definition) is 0. The molecule has 0 N–H and O–H groups in total. The van der Waals surface area contributed by atoms with Gasteiger partial charge in [0.25, 0.3) is 0 Å². The summed E-state index contributed by atoms with van der Waals surface area (Å²) in [6.45, 7) is 8.28. The van der Waals surface area contributed by atoms with Crippen LogP contribution in [0.2, 0.25) is 0 Å². The fourth-order valence-corrected chi connectivity index (χ4v) is 3.46. The topological polar surface area (TPSA) is 0 Å². The van der Waals surface area contributed by atoms with Gasteiger partial charge in [0.15, 0.2) is 0 Å². The smallest absolute Gasteiger partial charge is 0.123 e. The minimum Gasteiger partial charge on any atom is -0.207 e. The molecule has 0 unspecified atom stereocenters. The predicted molar refractivity (Wildman–Crippen MR) is 99.8 cm³/mol. The molecule has 120 valence electrons. The molecule has 0 bridgehead atoms. The molecule has 0 amide bonds. The number of hydrogen-bond acceptors (Lipinski definition) is 1. The lowest BCUT2D eigenvalue weighted by atomic mass is 10.0. The third kappa shape index (κ3) is 4.52. The van der Waals surface area contributed by atoms with Crippen molar-refractivity contribution in [1.29, 1.82) is 0 Å². The first-order valence-corrected chi connectivity index (χ1v) is 8.84. The van der Waals surface area contributed by atoms with Gasteiger partial charge >= 0.3 is 0 Å². The standard InChI is InChI=1S/C19H17FS.C2H6/c1-13-3-4-14(2)16(11-13)12-18-9-10-19(21-18)15-5-7-17(20)8-6-15;1-2/h3-11H,12H2,1-2H3;1-2H3. The van der Waals surface area contributed by atoms with E-state index in [1.165, 1.54) is 38.6 Å². The molecular formula is C21H23FS. The van der Waals surface area contributed by atoms with Crippen molar-refractivity contribution < 1.29 is 4.39 Å². The molecule has 3 aromatic rings. The fourth-order valence-electron chi connectivity index (χ4n) is 2.42. The minimum absolute atomic E-state index is 0.189. The Bertz CT molecular complexity index is 754. The molecule has 0 aliphatic rings. The molecule has 0 spiro atoms. The van der Waals surface area contributed by atoms with Crippen molar-refractivity contribution in [3.05, 3.63) is 82.0 Å². The molecule has 0 atom stereocenters. The van der Waals surface area contributed by atoms with Gasteiger partial charge in [-0.25, -0.2) is 4.39 Å². The Morgan fingerprint density at radius 1 is 0.870 bits per heavy atom. The molecular weight excluding hydrogens is 303 g/mol. The highest BCUT2D eigenvalue weighted by Crippen LogP contribution is 2.30. The number of benzene rings is 2. The van der Waals surface area contributed by atoms with Crippen LogP contribution >= 0.6 is 11.3 Å². The molecule has 1 aromatic heterocycles. The van der Waals surface area contributed by atoms with E-state index < -0.39 is 0 Å². The van der Waals surface area contributed by atoms with Gasteiger partial charge in [0.05, 0.1) is 0 Å². The normalized spacial score (nSPS) is 10.1. The molecule has 0 aliphatic carbocycles. The molecule has 3 rings (SSSR count). The largest absolute Gasteiger partial charge is 0.207 e. The van der Waals surface area contributed by atoms with Crippen molar-refractivity contribution in [3.8, 4) is 10.4 Å². The van der Waals surface area contributed by atoms with Gasteiger partial charge in [-0.15, -0.1) is 11.3 Å². The number of thiophene rings is 1. The predicted octanol–water partition coefficient (Wildman–Crippen LogP) is 6.79. The van der Waals surface area contributed by atoms with Gasteiger partial charge in [0.1, 0.15) is 5.82 Å². The van der Waals surface area contributed by atoms with Crippen LogP contribution in [0.4, 0.5) is 4.39 Å². The van der Waals surface area contributed by atoms with Gasteiger partial charge in [0, 0.05) is 16.2 Å². The van der Waals surface area contributed by atoms with E-state index in [0.717, 1.165) is 12.0 Å². The van der Waals surface area contributed by atoms with Crippen molar-refractivity contribution in [3.63, 3.8) is 0 Å². The van der Waals surface area contributed by atoms with E-state index in [0.29, 0.717) is 0 Å². The first kappa shape index (κ1) is 17.4. The van der Waals surface area contributed by atoms with Crippen LogP contribution < -0.4 is 0 Å². The van der Waals surface area contributed by atoms with E-state index in [1.54, 1.807) is 11.3 Å². The molecule has 0 fully saturated rings. The summed E-state index contributed by atoms with van der Waals surface area (Å²) in [5.41, 5.74) is 5.08. The highest BCUT2D eigenvalue weighted by molar-refractivity contribution is 7.15. The molecule has 0 saturated heterocycles. The Kier molecular flexibility index (Phi) is 6.12. The molecule has 0 aliphatic heterocycles. The zero-order valence-corrected chi connectivity index (χ0v) is 15.0. The molecule has 1 heterocycles. The summed E-state index contributed by atoms with van der Waals surface area (Å²) in [7, 11) is 0. The van der Waals surface area contributed by atoms with Crippen molar-refractivity contribution >= 4 is 11.3 Å². The van der Waals surface area contributed by atoms with Crippen LogP contribution in [0.15, 0.2) is 54.6 Å². The first-order chi connectivity index (χ1) is 11.1. The Labute approximate surface area is 142 Å². The summed E-state index contributed by atoms with van der Waals surface area (Å²) >= 11 is 1.78. The maximum Gasteiger partial charge on any atom is 0.123 e. The summed E-state index contributed by atoms with van der Waals surface area (Å²) in [5, 5.41) is 0. The van der Waals surface area contributed by atoms with E-state index in [9.17, 15) is 4.39 Å². The molecule has 2 heteroatoms. The van der Waals surface area contributed by atoms with Gasteiger partial charge in [-0.05, 0) is 54.8 Å². The SMILES string of the molecule is CC.Cc1ccc(C)c(Cc2ccc(-c3ccc(F)cc3)s2)c1. The second kappa shape index (κ2) is 8.07. The number of rotatable bonds is 3. The summed E-state index contributed by atoms with van der Waals surface area (Å²) in [5.74, 6) is -0.189. The summed E-state index contributed by atoms with van der Waals surface area (Å²) in [6, 6.07) is 17.6. The maximum absolute atomic E-state index is 13.0. The maximum atomic E-state index is 13.0. The van der Waals surface area contributed by atoms with Gasteiger partial charge in [-0.2, -0.15) is 0 Å². The lowest BCUT2D eigenvalue weighted by Crippen LogP contribution is -1.90. The zero-order valence-electron chi connectivity index (χ0n) is 14.2. The number of halogens is 1. The van der Waals surface area contributed by atoms with Gasteiger partial charge in [-0.1, -0.05) is 49.7 Å². The van der Waals surface area contributed by atoms with Crippen LogP contribution in [-0.2, 0) is 6.42 Å². The van der Waals surface area contributed by atoms with Crippen LogP contribution in [0.1, 0.15) is 35.4 Å². The highest BCUT2D eigenvalue weighted by Gasteiger charge is 2.06. The van der Waals surface area contributed by atoms with Crippen LogP contribution in [-0.4, -0.2) is 0 Å². The van der Waals surface area contributed by atoms with E-state index >= 15 is 0 Å². The summed E-state index contributed by atoms with van der Waals surface area (Å²) in [4.78, 5) is 2.53. The third-order valence-corrected chi connectivity index (χ3v) is 4.79. The summed E-state index contributed by atoms with van der Waals surface area (Å²) < 4.78 is 13.0. The van der Waals surface area contributed by atoms with Crippen molar-refractivity contribution in [2.45, 2.75) is 34.1 Å². The van der Waals surface area contributed by atoms with E-state index in [1.807, 2.05) is 26.0 Å². The first-order valence-electron chi connectivity index (χ1n) is 8.02. The Hall–Kier alpha value is -1.93. The average Bonchev–Trinajstić information content (AvgIpc) is 3.02. The van der Waals surface area contributed by atoms with Gasteiger partial charge in [-0.3, -0.25) is 0 Å². The summed E-state index contributed by atoms with van der Waals surface area (Å²) in [6.07, 6.45) is 0.958. The van der Waals surface area contributed by atoms with E-state index in [4.69, 9.17) is 0 Å². The number of aryl methyl sites for hydroxylation is 2. The third-order valence-electron chi connectivity index (χ3n) is 3.66. The quantitative estimate of drug-likeness (QED) is 0.497. The molecule has 23 heavy (non-hydrogen) atoms. The molecule has 2 aromatic carbocycles. The molecule has 0 saturated carbocycles. The van der Waals surface area contributed by atoms with Crippen molar-refractivity contribution in [2.24, 2.45) is 0 Å². The molecule has 0 radical (unpaired) electrons. The van der Waals surface area contributed by atoms with Crippen LogP contribution in [0.25, 0.3) is 10.4 Å². The van der Waals surface area contributed by atoms with Crippen LogP contribution in [0, 0.1) is 19.7 Å². The highest BCUT2D eigenvalue weighted by atomic mass is 32.1. The second-order valence-corrected chi connectivity index (χ2v) is 6.55. The van der Waals surface area contributed by atoms with Crippen LogP contribution in [0.3, 0.4) is 0 Å². The second-order valence-electron chi connectivity index (χ2n) is 5.38. The Balaban J connectivity index is 0.000000924. The minimum atomic E-state index is -0.189. The van der Waals surface area contributed by atoms with Crippen molar-refractivity contribution in [2.75, 3.05) is 0 Å².